The maximum atomic E-state index is 9.47. The van der Waals surface area contributed by atoms with Gasteiger partial charge in [0.2, 0.25) is 5.89 Å². The predicted octanol–water partition coefficient (Wildman–Crippen LogP) is 2.04. The zero-order valence-corrected chi connectivity index (χ0v) is 9.60. The van der Waals surface area contributed by atoms with Crippen LogP contribution in [0.3, 0.4) is 0 Å². The monoisotopic (exact) mass is 230 g/mol. The van der Waals surface area contributed by atoms with Gasteiger partial charge in [0, 0.05) is 18.7 Å². The van der Waals surface area contributed by atoms with Gasteiger partial charge < -0.3 is 14.8 Å². The number of rotatable bonds is 2. The van der Waals surface area contributed by atoms with Gasteiger partial charge in [-0.15, -0.1) is 0 Å². The van der Waals surface area contributed by atoms with Crippen molar-refractivity contribution in [1.82, 2.24) is 10.3 Å². The largest absolute Gasteiger partial charge is 0.508 e. The van der Waals surface area contributed by atoms with Crippen LogP contribution in [-0.2, 0) is 0 Å². The van der Waals surface area contributed by atoms with Crippen molar-refractivity contribution in [3.05, 3.63) is 35.9 Å². The Labute approximate surface area is 99.3 Å². The third kappa shape index (κ3) is 1.80. The van der Waals surface area contributed by atoms with Gasteiger partial charge >= 0.3 is 0 Å². The molecule has 2 aromatic rings. The van der Waals surface area contributed by atoms with E-state index in [-0.39, 0.29) is 5.75 Å². The zero-order valence-electron chi connectivity index (χ0n) is 9.60. The number of benzene rings is 1. The highest BCUT2D eigenvalue weighted by Crippen LogP contribution is 2.29. The zero-order chi connectivity index (χ0) is 11.8. The summed E-state index contributed by atoms with van der Waals surface area (Å²) in [6, 6.07) is 7.08. The minimum atomic E-state index is 0.247. The number of nitrogens with zero attached hydrogens (tertiary/aromatic N) is 1. The van der Waals surface area contributed by atoms with Crippen LogP contribution in [0.4, 0.5) is 0 Å². The highest BCUT2D eigenvalue weighted by atomic mass is 16.4. The van der Waals surface area contributed by atoms with Gasteiger partial charge in [0.25, 0.3) is 0 Å². The number of phenolic OH excluding ortho intramolecular Hbond substituents is 1. The molecule has 0 unspecified atom stereocenters. The normalized spacial score (nSPS) is 15.8. The number of hydrogen-bond acceptors (Lipinski definition) is 4. The van der Waals surface area contributed by atoms with Gasteiger partial charge in [-0.1, -0.05) is 12.1 Å². The molecular weight excluding hydrogens is 216 g/mol. The molecule has 1 aliphatic rings. The molecule has 4 nitrogen and oxygen atoms in total. The minimum Gasteiger partial charge on any atom is -0.508 e. The third-order valence-corrected chi connectivity index (χ3v) is 3.06. The first-order valence-electron chi connectivity index (χ1n) is 5.71. The van der Waals surface area contributed by atoms with Crippen LogP contribution < -0.4 is 5.32 Å². The summed E-state index contributed by atoms with van der Waals surface area (Å²) in [7, 11) is 0. The summed E-state index contributed by atoms with van der Waals surface area (Å²) in [5, 5.41) is 12.7. The smallest absolute Gasteiger partial charge is 0.200 e. The lowest BCUT2D eigenvalue weighted by Crippen LogP contribution is -2.40. The predicted molar refractivity (Wildman–Crippen MR) is 64.0 cm³/mol. The van der Waals surface area contributed by atoms with Crippen molar-refractivity contribution < 1.29 is 9.52 Å². The summed E-state index contributed by atoms with van der Waals surface area (Å²) in [5.74, 6) is 2.23. The van der Waals surface area contributed by atoms with Crippen LogP contribution >= 0.6 is 0 Å². The Morgan fingerprint density at radius 1 is 1.41 bits per heavy atom. The molecule has 1 aliphatic heterocycles. The van der Waals surface area contributed by atoms with E-state index in [0.29, 0.717) is 5.92 Å². The van der Waals surface area contributed by atoms with Crippen molar-refractivity contribution in [2.24, 2.45) is 0 Å². The molecule has 0 amide bonds. The molecule has 3 rings (SSSR count). The van der Waals surface area contributed by atoms with E-state index in [0.717, 1.165) is 36.0 Å². The number of nitrogens with one attached hydrogen (secondary N) is 1. The maximum absolute atomic E-state index is 9.47. The molecular formula is C13H14N2O2. The third-order valence-electron chi connectivity index (χ3n) is 3.06. The molecule has 1 aromatic heterocycles. The van der Waals surface area contributed by atoms with Gasteiger partial charge in [-0.05, 0) is 19.1 Å². The Morgan fingerprint density at radius 3 is 2.88 bits per heavy atom. The molecule has 0 bridgehead atoms. The SMILES string of the molecule is Cc1oc(C2CNC2)nc1-c1cccc(O)c1. The van der Waals surface area contributed by atoms with Gasteiger partial charge in [0.05, 0.1) is 5.92 Å². The molecule has 2 N–H and O–H groups in total. The second-order valence-electron chi connectivity index (χ2n) is 4.36. The summed E-state index contributed by atoms with van der Waals surface area (Å²) >= 11 is 0. The van der Waals surface area contributed by atoms with Crippen LogP contribution in [0.15, 0.2) is 28.7 Å². The van der Waals surface area contributed by atoms with E-state index in [9.17, 15) is 5.11 Å². The summed E-state index contributed by atoms with van der Waals surface area (Å²) in [4.78, 5) is 4.53. The lowest BCUT2D eigenvalue weighted by Gasteiger charge is -2.23. The molecule has 1 aromatic carbocycles. The quantitative estimate of drug-likeness (QED) is 0.829. The molecule has 17 heavy (non-hydrogen) atoms. The number of aromatic hydroxyl groups is 1. The number of aromatic nitrogens is 1. The first-order chi connectivity index (χ1) is 8.24. The molecule has 0 atom stereocenters. The van der Waals surface area contributed by atoms with Crippen LogP contribution in [0.25, 0.3) is 11.3 Å². The topological polar surface area (TPSA) is 58.3 Å². The molecule has 0 spiro atoms. The van der Waals surface area contributed by atoms with Crippen molar-refractivity contribution in [2.75, 3.05) is 13.1 Å². The van der Waals surface area contributed by atoms with Crippen LogP contribution in [0.5, 0.6) is 5.75 Å². The van der Waals surface area contributed by atoms with E-state index < -0.39 is 0 Å². The van der Waals surface area contributed by atoms with E-state index in [1.165, 1.54) is 0 Å². The summed E-state index contributed by atoms with van der Waals surface area (Å²) in [6.07, 6.45) is 0. The Kier molecular flexibility index (Phi) is 2.37. The average Bonchev–Trinajstić information content (AvgIpc) is 2.57. The minimum absolute atomic E-state index is 0.247. The molecule has 2 heterocycles. The molecule has 0 saturated carbocycles. The number of oxazole rings is 1. The van der Waals surface area contributed by atoms with E-state index in [4.69, 9.17) is 4.42 Å². The number of aryl methyl sites for hydroxylation is 1. The summed E-state index contributed by atoms with van der Waals surface area (Å²) in [5.41, 5.74) is 1.72. The standard InChI is InChI=1S/C13H14N2O2/c1-8-12(9-3-2-4-11(16)5-9)15-13(17-8)10-6-14-7-10/h2-5,10,14,16H,6-7H2,1H3. The second-order valence-corrected chi connectivity index (χ2v) is 4.36. The molecule has 0 radical (unpaired) electrons. The molecule has 0 aliphatic carbocycles. The molecule has 1 fully saturated rings. The van der Waals surface area contributed by atoms with Crippen LogP contribution in [-0.4, -0.2) is 23.2 Å². The first-order valence-corrected chi connectivity index (χ1v) is 5.71. The highest BCUT2D eigenvalue weighted by molar-refractivity contribution is 5.62. The van der Waals surface area contributed by atoms with Crippen molar-refractivity contribution in [3.63, 3.8) is 0 Å². The van der Waals surface area contributed by atoms with E-state index in [1.807, 2.05) is 19.1 Å². The summed E-state index contributed by atoms with van der Waals surface area (Å²) < 4.78 is 5.68. The Balaban J connectivity index is 1.99. The first kappa shape index (κ1) is 10.4. The molecule has 88 valence electrons. The molecule has 4 heteroatoms. The van der Waals surface area contributed by atoms with E-state index in [2.05, 4.69) is 10.3 Å². The number of phenols is 1. The van der Waals surface area contributed by atoms with Gasteiger partial charge in [-0.2, -0.15) is 0 Å². The second kappa shape index (κ2) is 3.89. The van der Waals surface area contributed by atoms with Crippen LogP contribution in [0.2, 0.25) is 0 Å². The lowest BCUT2D eigenvalue weighted by atomic mass is 10.0. The average molecular weight is 230 g/mol. The fraction of sp³-hybridized carbons (Fsp3) is 0.308. The fourth-order valence-corrected chi connectivity index (χ4v) is 1.98. The number of hydrogen-bond donors (Lipinski definition) is 2. The summed E-state index contributed by atoms with van der Waals surface area (Å²) in [6.45, 7) is 3.76. The van der Waals surface area contributed by atoms with Crippen molar-refractivity contribution in [3.8, 4) is 17.0 Å². The van der Waals surface area contributed by atoms with E-state index >= 15 is 0 Å². The van der Waals surface area contributed by atoms with Gasteiger partial charge in [0.1, 0.15) is 17.2 Å². The van der Waals surface area contributed by atoms with E-state index in [1.54, 1.807) is 12.1 Å². The maximum Gasteiger partial charge on any atom is 0.200 e. The van der Waals surface area contributed by atoms with Crippen molar-refractivity contribution >= 4 is 0 Å². The Morgan fingerprint density at radius 2 is 2.24 bits per heavy atom. The van der Waals surface area contributed by atoms with Gasteiger partial charge in [-0.25, -0.2) is 4.98 Å². The van der Waals surface area contributed by atoms with Crippen molar-refractivity contribution in [2.45, 2.75) is 12.8 Å². The highest BCUT2D eigenvalue weighted by Gasteiger charge is 2.25. The van der Waals surface area contributed by atoms with Crippen LogP contribution in [0, 0.1) is 6.92 Å². The lowest BCUT2D eigenvalue weighted by molar-refractivity contribution is 0.350. The Hall–Kier alpha value is -1.81. The Bertz CT molecular complexity index is 544. The fourth-order valence-electron chi connectivity index (χ4n) is 1.98. The van der Waals surface area contributed by atoms with Crippen LogP contribution in [0.1, 0.15) is 17.6 Å². The molecule has 1 saturated heterocycles. The van der Waals surface area contributed by atoms with Gasteiger partial charge in [0.15, 0.2) is 0 Å². The van der Waals surface area contributed by atoms with Crippen molar-refractivity contribution in [1.29, 1.82) is 0 Å². The van der Waals surface area contributed by atoms with Gasteiger partial charge in [-0.3, -0.25) is 0 Å².